The predicted octanol–water partition coefficient (Wildman–Crippen LogP) is 1.49. The van der Waals surface area contributed by atoms with E-state index in [2.05, 4.69) is 42.3 Å². The molecule has 6 nitrogen and oxygen atoms in total. The average Bonchev–Trinajstić information content (AvgIpc) is 2.63. The summed E-state index contributed by atoms with van der Waals surface area (Å²) in [7, 11) is 0. The van der Waals surface area contributed by atoms with Crippen molar-refractivity contribution in [2.24, 2.45) is 0 Å². The van der Waals surface area contributed by atoms with Crippen molar-refractivity contribution in [2.75, 3.05) is 50.8 Å². The smallest absolute Gasteiger partial charge is 0.312 e. The Morgan fingerprint density at radius 1 is 1.16 bits per heavy atom. The molecule has 1 saturated heterocycles. The number of carbonyl (C=O) groups is 2. The summed E-state index contributed by atoms with van der Waals surface area (Å²) in [4.78, 5) is 28.1. The zero-order chi connectivity index (χ0) is 18.2. The maximum Gasteiger partial charge on any atom is 0.312 e. The fraction of sp³-hybridized carbons (Fsp3) is 0.579. The van der Waals surface area contributed by atoms with Crippen LogP contribution in [0.25, 0.3) is 0 Å². The fourth-order valence-electron chi connectivity index (χ4n) is 2.97. The van der Waals surface area contributed by atoms with Crippen molar-refractivity contribution in [1.29, 1.82) is 0 Å². The number of nitrogens with zero attached hydrogens (tertiary/aromatic N) is 2. The van der Waals surface area contributed by atoms with Gasteiger partial charge in [0.05, 0.1) is 0 Å². The van der Waals surface area contributed by atoms with Crippen LogP contribution < -0.4 is 10.2 Å². The molecule has 6 heteroatoms. The van der Waals surface area contributed by atoms with Crippen molar-refractivity contribution >= 4 is 17.5 Å². The number of aryl methyl sites for hydroxylation is 1. The van der Waals surface area contributed by atoms with Gasteiger partial charge < -0.3 is 19.9 Å². The van der Waals surface area contributed by atoms with Crippen LogP contribution in [0.4, 0.5) is 5.69 Å². The zero-order valence-corrected chi connectivity index (χ0v) is 15.5. The lowest BCUT2D eigenvalue weighted by Gasteiger charge is -2.36. The lowest BCUT2D eigenvalue weighted by molar-refractivity contribution is -0.146. The summed E-state index contributed by atoms with van der Waals surface area (Å²) in [5, 5.41) is 2.67. The molecule has 0 radical (unpaired) electrons. The largest absolute Gasteiger partial charge is 0.382 e. The lowest BCUT2D eigenvalue weighted by atomic mass is 10.1. The Hall–Kier alpha value is -2.08. The topological polar surface area (TPSA) is 61.9 Å². The number of carbonyl (C=O) groups excluding carboxylic acids is 2. The highest BCUT2D eigenvalue weighted by Crippen LogP contribution is 2.23. The molecule has 1 aliphatic heterocycles. The van der Waals surface area contributed by atoms with E-state index < -0.39 is 11.8 Å². The number of piperazine rings is 1. The van der Waals surface area contributed by atoms with E-state index >= 15 is 0 Å². The van der Waals surface area contributed by atoms with Crippen molar-refractivity contribution in [1.82, 2.24) is 10.2 Å². The number of ether oxygens (including phenoxy) is 1. The number of rotatable bonds is 6. The second-order valence-corrected chi connectivity index (χ2v) is 6.30. The van der Waals surface area contributed by atoms with Gasteiger partial charge in [-0.25, -0.2) is 0 Å². The molecule has 0 spiro atoms. The molecule has 0 bridgehead atoms. The Labute approximate surface area is 150 Å². The summed E-state index contributed by atoms with van der Waals surface area (Å²) < 4.78 is 5.21. The molecule has 1 aliphatic rings. The summed E-state index contributed by atoms with van der Waals surface area (Å²) in [6.45, 7) is 10.5. The van der Waals surface area contributed by atoms with Gasteiger partial charge in [0.15, 0.2) is 0 Å². The van der Waals surface area contributed by atoms with Crippen LogP contribution in [0, 0.1) is 13.8 Å². The Morgan fingerprint density at radius 2 is 1.88 bits per heavy atom. The number of hydrogen-bond acceptors (Lipinski definition) is 4. The maximum absolute atomic E-state index is 12.2. The van der Waals surface area contributed by atoms with Crippen molar-refractivity contribution in [3.63, 3.8) is 0 Å². The third-order valence-electron chi connectivity index (χ3n) is 4.63. The van der Waals surface area contributed by atoms with Gasteiger partial charge in [0.2, 0.25) is 0 Å². The molecule has 2 rings (SSSR count). The van der Waals surface area contributed by atoms with Crippen molar-refractivity contribution in [2.45, 2.75) is 27.2 Å². The Morgan fingerprint density at radius 3 is 2.56 bits per heavy atom. The molecule has 2 amide bonds. The molecule has 0 aromatic heterocycles. The summed E-state index contributed by atoms with van der Waals surface area (Å²) in [5.41, 5.74) is 3.75. The monoisotopic (exact) mass is 347 g/mol. The normalized spacial score (nSPS) is 14.5. The number of benzene rings is 1. The highest BCUT2D eigenvalue weighted by atomic mass is 16.5. The molecule has 25 heavy (non-hydrogen) atoms. The number of amides is 2. The fourth-order valence-corrected chi connectivity index (χ4v) is 2.97. The summed E-state index contributed by atoms with van der Waals surface area (Å²) in [6.07, 6.45) is 0.716. The Bertz CT molecular complexity index is 596. The number of nitrogens with one attached hydrogen (secondary N) is 1. The number of anilines is 1. The quantitative estimate of drug-likeness (QED) is 0.626. The van der Waals surface area contributed by atoms with Gasteiger partial charge in [-0.1, -0.05) is 12.1 Å². The van der Waals surface area contributed by atoms with Gasteiger partial charge in [-0.3, -0.25) is 9.59 Å². The van der Waals surface area contributed by atoms with Crippen molar-refractivity contribution in [3.05, 3.63) is 29.3 Å². The summed E-state index contributed by atoms with van der Waals surface area (Å²) in [6, 6.07) is 6.28. The number of hydrogen-bond donors (Lipinski definition) is 1. The third kappa shape index (κ3) is 5.19. The van der Waals surface area contributed by atoms with E-state index in [4.69, 9.17) is 4.74 Å². The standard InChI is InChI=1S/C19H29N3O3/c1-4-25-14-6-9-20-18(23)19(24)22-12-10-21(11-13-22)17-8-5-7-15(2)16(17)3/h5,7-8H,4,6,9-14H2,1-3H3,(H,20,23). The molecule has 1 fully saturated rings. The van der Waals surface area contributed by atoms with Crippen LogP contribution in [0.2, 0.25) is 0 Å². The van der Waals surface area contributed by atoms with Crippen LogP contribution in [-0.2, 0) is 14.3 Å². The van der Waals surface area contributed by atoms with E-state index in [1.54, 1.807) is 4.90 Å². The molecule has 1 N–H and O–H groups in total. The third-order valence-corrected chi connectivity index (χ3v) is 4.63. The lowest BCUT2D eigenvalue weighted by Crippen LogP contribution is -2.53. The van der Waals surface area contributed by atoms with E-state index in [0.29, 0.717) is 39.3 Å². The molecule has 138 valence electrons. The van der Waals surface area contributed by atoms with Gasteiger partial charge >= 0.3 is 11.8 Å². The van der Waals surface area contributed by atoms with E-state index in [0.717, 1.165) is 13.1 Å². The molecule has 1 heterocycles. The predicted molar refractivity (Wildman–Crippen MR) is 98.8 cm³/mol. The first-order valence-corrected chi connectivity index (χ1v) is 9.00. The minimum Gasteiger partial charge on any atom is -0.382 e. The summed E-state index contributed by atoms with van der Waals surface area (Å²) >= 11 is 0. The van der Waals surface area contributed by atoms with Crippen LogP contribution in [0.3, 0.4) is 0 Å². The highest BCUT2D eigenvalue weighted by Gasteiger charge is 2.26. The van der Waals surface area contributed by atoms with Crippen LogP contribution in [0.5, 0.6) is 0 Å². The van der Waals surface area contributed by atoms with Gasteiger partial charge in [0, 0.05) is 51.6 Å². The van der Waals surface area contributed by atoms with E-state index in [9.17, 15) is 9.59 Å². The van der Waals surface area contributed by atoms with E-state index in [-0.39, 0.29) is 0 Å². The van der Waals surface area contributed by atoms with Crippen LogP contribution >= 0.6 is 0 Å². The average molecular weight is 347 g/mol. The Balaban J connectivity index is 1.80. The summed E-state index contributed by atoms with van der Waals surface area (Å²) in [5.74, 6) is -0.950. The first kappa shape index (κ1) is 19.2. The van der Waals surface area contributed by atoms with Gasteiger partial charge in [0.25, 0.3) is 0 Å². The van der Waals surface area contributed by atoms with Gasteiger partial charge in [0.1, 0.15) is 0 Å². The minimum atomic E-state index is -0.517. The van der Waals surface area contributed by atoms with Crippen molar-refractivity contribution < 1.29 is 14.3 Å². The minimum absolute atomic E-state index is 0.433. The molecule has 0 saturated carbocycles. The van der Waals surface area contributed by atoms with Crippen LogP contribution in [0.1, 0.15) is 24.5 Å². The molecule has 0 atom stereocenters. The second-order valence-electron chi connectivity index (χ2n) is 6.30. The zero-order valence-electron chi connectivity index (χ0n) is 15.5. The highest BCUT2D eigenvalue weighted by molar-refractivity contribution is 6.35. The van der Waals surface area contributed by atoms with Gasteiger partial charge in [-0.05, 0) is 44.4 Å². The van der Waals surface area contributed by atoms with Gasteiger partial charge in [-0.2, -0.15) is 0 Å². The van der Waals surface area contributed by atoms with E-state index in [1.165, 1.54) is 16.8 Å². The second kappa shape index (κ2) is 9.42. The van der Waals surface area contributed by atoms with E-state index in [1.807, 2.05) is 6.92 Å². The van der Waals surface area contributed by atoms with Crippen LogP contribution in [0.15, 0.2) is 18.2 Å². The van der Waals surface area contributed by atoms with Crippen molar-refractivity contribution in [3.8, 4) is 0 Å². The molecule has 0 unspecified atom stereocenters. The van der Waals surface area contributed by atoms with Gasteiger partial charge in [-0.15, -0.1) is 0 Å². The first-order valence-electron chi connectivity index (χ1n) is 9.00. The SMILES string of the molecule is CCOCCCNC(=O)C(=O)N1CCN(c2cccc(C)c2C)CC1. The molecular weight excluding hydrogens is 318 g/mol. The molecule has 0 aliphatic carbocycles. The maximum atomic E-state index is 12.2. The molecule has 1 aromatic rings. The first-order chi connectivity index (χ1) is 12.0. The molecule has 1 aromatic carbocycles. The Kier molecular flexibility index (Phi) is 7.25. The van der Waals surface area contributed by atoms with Crippen LogP contribution in [-0.4, -0.2) is 62.7 Å². The molecular formula is C19H29N3O3.